The molecule has 17 heteroatoms. The maximum atomic E-state index is 13.1. The zero-order chi connectivity index (χ0) is 28.0. The van der Waals surface area contributed by atoms with Crippen molar-refractivity contribution < 1.29 is 190 Å². The second kappa shape index (κ2) is 15.9. The van der Waals surface area contributed by atoms with Crippen LogP contribution < -0.4 is 164 Å². The number of amides is 1. The molecule has 12 nitrogen and oxygen atoms in total. The molecule has 0 radical (unpaired) electrons. The molecule has 2 heterocycles. The van der Waals surface area contributed by atoms with Crippen LogP contribution in [0, 0.1) is 6.92 Å². The van der Waals surface area contributed by atoms with E-state index in [2.05, 4.69) is 10.2 Å². The molecule has 0 atom stereocenters. The van der Waals surface area contributed by atoms with Gasteiger partial charge in [-0.15, -0.1) is 0 Å². The molecule has 1 aromatic heterocycles. The first-order valence-electron chi connectivity index (χ1n) is 10.9. The Bertz CT molecular complexity index is 1770. The molecule has 198 valence electrons. The number of aryl methyl sites for hydroxylation is 1. The van der Waals surface area contributed by atoms with Gasteiger partial charge < -0.3 is 14.2 Å². The average molecular weight is 673 g/mol. The molecule has 41 heavy (non-hydrogen) atoms. The van der Waals surface area contributed by atoms with E-state index in [1.807, 2.05) is 0 Å². The molecule has 0 bridgehead atoms. The number of carbonyl (C=O) groups excluding carboxylic acids is 1. The third kappa shape index (κ3) is 9.18. The molecule has 0 unspecified atom stereocenters. The van der Waals surface area contributed by atoms with E-state index >= 15 is 0 Å². The van der Waals surface area contributed by atoms with Gasteiger partial charge in [-0.3, -0.25) is 4.79 Å². The number of benzene rings is 2. The zero-order valence-electron chi connectivity index (χ0n) is 23.1. The monoisotopic (exact) mass is 672 g/mol. The van der Waals surface area contributed by atoms with Gasteiger partial charge in [0.1, 0.15) is 20.2 Å². The maximum absolute atomic E-state index is 13.1. The SMILES string of the molecule is CC1=NN(c2ccc(S(=O)(=O)[O-])cc2)C(=O)/C1=C(C)\C=C\c1c(C)nn(-c2ccc(S(=O)(=O)[O-])cc2)c1[O-].[K+].[K+].[K+]. The van der Waals surface area contributed by atoms with Crippen molar-refractivity contribution in [2.24, 2.45) is 5.10 Å². The summed E-state index contributed by atoms with van der Waals surface area (Å²) in [6.07, 6.45) is 3.06. The van der Waals surface area contributed by atoms with Crippen molar-refractivity contribution in [1.82, 2.24) is 9.78 Å². The van der Waals surface area contributed by atoms with Gasteiger partial charge in [0.2, 0.25) is 0 Å². The summed E-state index contributed by atoms with van der Waals surface area (Å²) in [5, 5.41) is 22.5. The van der Waals surface area contributed by atoms with Crippen LogP contribution in [0.4, 0.5) is 5.69 Å². The van der Waals surface area contributed by atoms with Gasteiger partial charge in [0, 0.05) is 5.56 Å². The summed E-state index contributed by atoms with van der Waals surface area (Å²) in [5.74, 6) is -0.974. The predicted molar refractivity (Wildman–Crippen MR) is 132 cm³/mol. The van der Waals surface area contributed by atoms with Crippen LogP contribution in [0.1, 0.15) is 25.1 Å². The minimum Gasteiger partial charge on any atom is -0.858 e. The van der Waals surface area contributed by atoms with Crippen molar-refractivity contribution >= 4 is 43.6 Å². The number of nitrogens with zero attached hydrogens (tertiary/aromatic N) is 4. The Morgan fingerprint density at radius 3 is 1.76 bits per heavy atom. The third-order valence-electron chi connectivity index (χ3n) is 5.71. The Balaban J connectivity index is 0.00000280. The van der Waals surface area contributed by atoms with Gasteiger partial charge in [-0.05, 0) is 80.8 Å². The molecule has 0 N–H and O–H groups in total. The van der Waals surface area contributed by atoms with Crippen LogP contribution in [0.25, 0.3) is 11.8 Å². The van der Waals surface area contributed by atoms with Crippen LogP contribution in [0.15, 0.2) is 80.6 Å². The van der Waals surface area contributed by atoms with Crippen LogP contribution in [-0.2, 0) is 25.0 Å². The molecule has 1 aliphatic heterocycles. The van der Waals surface area contributed by atoms with E-state index in [1.165, 1.54) is 30.3 Å². The number of hydrazone groups is 1. The van der Waals surface area contributed by atoms with E-state index < -0.39 is 41.8 Å². The molecular formula is C24H19K3N4O8S2. The normalized spacial score (nSPS) is 14.7. The Hall–Kier alpha value is 0.799. The molecular weight excluding hydrogens is 654 g/mol. The summed E-state index contributed by atoms with van der Waals surface area (Å²) in [6, 6.07) is 9.55. The first-order chi connectivity index (χ1) is 17.7. The van der Waals surface area contributed by atoms with Gasteiger partial charge in [0.15, 0.2) is 0 Å². The molecule has 0 fully saturated rings. The summed E-state index contributed by atoms with van der Waals surface area (Å²) in [5.41, 5.74) is 2.30. The summed E-state index contributed by atoms with van der Waals surface area (Å²) >= 11 is 0. The smallest absolute Gasteiger partial charge is 0.858 e. The van der Waals surface area contributed by atoms with Crippen LogP contribution in [-0.4, -0.2) is 47.3 Å². The van der Waals surface area contributed by atoms with E-state index in [0.29, 0.717) is 17.0 Å². The van der Waals surface area contributed by atoms with Crippen LogP contribution >= 0.6 is 0 Å². The first kappa shape index (κ1) is 39.8. The fourth-order valence-electron chi connectivity index (χ4n) is 3.82. The quantitative estimate of drug-likeness (QED) is 0.139. The van der Waals surface area contributed by atoms with Gasteiger partial charge in [-0.1, -0.05) is 12.2 Å². The average Bonchev–Trinajstić information content (AvgIpc) is 3.30. The van der Waals surface area contributed by atoms with Gasteiger partial charge >= 0.3 is 154 Å². The van der Waals surface area contributed by atoms with Crippen molar-refractivity contribution in [2.75, 3.05) is 5.01 Å². The molecule has 4 rings (SSSR count). The number of hydrogen-bond donors (Lipinski definition) is 0. The Kier molecular flexibility index (Phi) is 15.4. The second-order valence-electron chi connectivity index (χ2n) is 8.31. The summed E-state index contributed by atoms with van der Waals surface area (Å²) < 4.78 is 67.9. The standard InChI is InChI=1S/C24H22N4O8S2.3K/c1-14(22-16(3)26-28(24(22)30)18-7-11-20(12-8-18)38(34,35)36)4-13-21-15(2)25-27(23(21)29)17-5-9-19(10-6-17)37(31,32)33;;;/h4-13,29H,1-3H3,(H,31,32,33)(H,34,35,36);;;/q;3*+1/p-3/b13-4+,22-14-;;;. The summed E-state index contributed by atoms with van der Waals surface area (Å²) in [4.78, 5) is 12.2. The number of carbonyl (C=O) groups is 1. The van der Waals surface area contributed by atoms with Crippen molar-refractivity contribution in [3.8, 4) is 11.6 Å². The summed E-state index contributed by atoms with van der Waals surface area (Å²) in [6.45, 7) is 4.89. The topological polar surface area (TPSA) is 188 Å². The first-order valence-corrected chi connectivity index (χ1v) is 13.7. The molecule has 0 saturated carbocycles. The number of rotatable bonds is 6. The molecule has 0 aliphatic carbocycles. The zero-order valence-corrected chi connectivity index (χ0v) is 34.1. The Morgan fingerprint density at radius 1 is 0.829 bits per heavy atom. The van der Waals surface area contributed by atoms with E-state index in [0.717, 1.165) is 34.0 Å². The molecule has 0 saturated heterocycles. The fraction of sp³-hybridized carbons (Fsp3) is 0.125. The third-order valence-corrected chi connectivity index (χ3v) is 7.41. The minimum atomic E-state index is -4.63. The van der Waals surface area contributed by atoms with E-state index in [-0.39, 0.29) is 177 Å². The number of anilines is 1. The van der Waals surface area contributed by atoms with E-state index in [9.17, 15) is 35.8 Å². The number of allylic oxidation sites excluding steroid dienone is 2. The van der Waals surface area contributed by atoms with Crippen LogP contribution in [0.2, 0.25) is 0 Å². The van der Waals surface area contributed by atoms with Crippen molar-refractivity contribution in [2.45, 2.75) is 30.6 Å². The van der Waals surface area contributed by atoms with Gasteiger partial charge in [0.25, 0.3) is 5.91 Å². The number of aromatic nitrogens is 2. The van der Waals surface area contributed by atoms with Crippen LogP contribution in [0.5, 0.6) is 5.88 Å². The summed E-state index contributed by atoms with van der Waals surface area (Å²) in [7, 11) is -9.26. The molecule has 2 aromatic carbocycles. The second-order valence-corrected chi connectivity index (χ2v) is 11.1. The molecule has 0 spiro atoms. The minimum absolute atomic E-state index is 0. The largest absolute Gasteiger partial charge is 1.00 e. The van der Waals surface area contributed by atoms with Crippen molar-refractivity contribution in [1.29, 1.82) is 0 Å². The fourth-order valence-corrected chi connectivity index (χ4v) is 4.76. The van der Waals surface area contributed by atoms with Crippen molar-refractivity contribution in [3.05, 3.63) is 77.0 Å². The molecule has 1 aliphatic rings. The predicted octanol–water partition coefficient (Wildman–Crippen LogP) is -7.17. The molecule has 3 aromatic rings. The Labute approximate surface area is 365 Å². The number of hydrogen-bond acceptors (Lipinski definition) is 10. The van der Waals surface area contributed by atoms with E-state index in [1.54, 1.807) is 26.8 Å². The van der Waals surface area contributed by atoms with Crippen molar-refractivity contribution in [3.63, 3.8) is 0 Å². The molecule has 1 amide bonds. The Morgan fingerprint density at radius 2 is 1.29 bits per heavy atom. The van der Waals surface area contributed by atoms with Gasteiger partial charge in [-0.2, -0.15) is 15.2 Å². The van der Waals surface area contributed by atoms with Crippen LogP contribution in [0.3, 0.4) is 0 Å². The van der Waals surface area contributed by atoms with E-state index in [4.69, 9.17) is 0 Å². The van der Waals surface area contributed by atoms with Gasteiger partial charge in [-0.25, -0.2) is 21.5 Å². The maximum Gasteiger partial charge on any atom is 1.00 e. The van der Waals surface area contributed by atoms with Gasteiger partial charge in [0.05, 0.1) is 38.1 Å².